The molecule has 1 aliphatic rings. The van der Waals surface area contributed by atoms with Gasteiger partial charge in [0.1, 0.15) is 16.8 Å². The van der Waals surface area contributed by atoms with E-state index in [1.807, 2.05) is 30.3 Å². The summed E-state index contributed by atoms with van der Waals surface area (Å²) >= 11 is 5.03. The van der Waals surface area contributed by atoms with Crippen LogP contribution in [0.1, 0.15) is 11.1 Å². The molecule has 1 unspecified atom stereocenters. The van der Waals surface area contributed by atoms with Crippen molar-refractivity contribution in [1.82, 2.24) is 0 Å². The summed E-state index contributed by atoms with van der Waals surface area (Å²) in [6, 6.07) is 16.2. The SMILES string of the molecule is CN(CC1Cc2ccccc2O1)c1cccc(C(N)=S)c1. The number of fused-ring (bicyclic) bond motifs is 1. The number of hydrogen-bond donors (Lipinski definition) is 1. The lowest BCUT2D eigenvalue weighted by molar-refractivity contribution is 0.239. The van der Waals surface area contributed by atoms with Gasteiger partial charge in [0.05, 0.1) is 6.54 Å². The van der Waals surface area contributed by atoms with Gasteiger partial charge in [-0.15, -0.1) is 0 Å². The van der Waals surface area contributed by atoms with Gasteiger partial charge in [-0.25, -0.2) is 0 Å². The van der Waals surface area contributed by atoms with E-state index in [4.69, 9.17) is 22.7 Å². The number of anilines is 1. The van der Waals surface area contributed by atoms with Gasteiger partial charge in [-0.1, -0.05) is 42.5 Å². The fourth-order valence-electron chi connectivity index (χ4n) is 2.66. The molecule has 21 heavy (non-hydrogen) atoms. The van der Waals surface area contributed by atoms with Crippen LogP contribution in [0.2, 0.25) is 0 Å². The molecule has 0 aromatic heterocycles. The average Bonchev–Trinajstić information content (AvgIpc) is 2.89. The number of ether oxygens (including phenoxy) is 1. The molecule has 0 aliphatic carbocycles. The van der Waals surface area contributed by atoms with Gasteiger partial charge in [0, 0.05) is 24.7 Å². The number of likely N-dealkylation sites (N-methyl/N-ethyl adjacent to an activating group) is 1. The van der Waals surface area contributed by atoms with E-state index < -0.39 is 0 Å². The highest BCUT2D eigenvalue weighted by molar-refractivity contribution is 7.80. The van der Waals surface area contributed by atoms with Crippen molar-refractivity contribution in [2.45, 2.75) is 12.5 Å². The number of nitrogens with two attached hydrogens (primary N) is 1. The molecule has 0 bridgehead atoms. The van der Waals surface area contributed by atoms with Crippen molar-refractivity contribution in [3.05, 3.63) is 59.7 Å². The van der Waals surface area contributed by atoms with E-state index in [0.717, 1.165) is 30.0 Å². The van der Waals surface area contributed by atoms with Gasteiger partial charge in [0.25, 0.3) is 0 Å². The summed E-state index contributed by atoms with van der Waals surface area (Å²) in [7, 11) is 2.06. The minimum absolute atomic E-state index is 0.181. The molecule has 0 amide bonds. The van der Waals surface area contributed by atoms with E-state index in [1.165, 1.54) is 5.56 Å². The molecule has 2 aromatic rings. The highest BCUT2D eigenvalue weighted by atomic mass is 32.1. The van der Waals surface area contributed by atoms with E-state index in [-0.39, 0.29) is 6.10 Å². The molecule has 0 saturated carbocycles. The summed E-state index contributed by atoms with van der Waals surface area (Å²) in [6.07, 6.45) is 1.14. The van der Waals surface area contributed by atoms with Crippen molar-refractivity contribution in [3.8, 4) is 5.75 Å². The Labute approximate surface area is 130 Å². The fraction of sp³-hybridized carbons (Fsp3) is 0.235. The monoisotopic (exact) mass is 298 g/mol. The van der Waals surface area contributed by atoms with Crippen LogP contribution in [0.15, 0.2) is 48.5 Å². The third-order valence-electron chi connectivity index (χ3n) is 3.76. The molecule has 3 nitrogen and oxygen atoms in total. The maximum atomic E-state index is 5.98. The minimum atomic E-state index is 0.181. The van der Waals surface area contributed by atoms with Crippen LogP contribution < -0.4 is 15.4 Å². The largest absolute Gasteiger partial charge is 0.488 e. The molecule has 2 aromatic carbocycles. The molecular weight excluding hydrogens is 280 g/mol. The van der Waals surface area contributed by atoms with Gasteiger partial charge in [-0.2, -0.15) is 0 Å². The summed E-state index contributed by atoms with van der Waals surface area (Å²) in [5.41, 5.74) is 8.97. The molecule has 4 heteroatoms. The lowest BCUT2D eigenvalue weighted by Crippen LogP contribution is -2.32. The molecule has 108 valence electrons. The molecule has 0 spiro atoms. The van der Waals surface area contributed by atoms with Crippen LogP contribution in [0, 0.1) is 0 Å². The van der Waals surface area contributed by atoms with Crippen LogP contribution in [-0.4, -0.2) is 24.7 Å². The fourth-order valence-corrected chi connectivity index (χ4v) is 2.79. The second-order valence-corrected chi connectivity index (χ2v) is 5.79. The number of benzene rings is 2. The predicted octanol–water partition coefficient (Wildman–Crippen LogP) is 2.76. The summed E-state index contributed by atoms with van der Waals surface area (Å²) in [5, 5.41) is 0. The topological polar surface area (TPSA) is 38.5 Å². The van der Waals surface area contributed by atoms with Crippen LogP contribution in [0.5, 0.6) is 5.75 Å². The molecule has 1 aliphatic heterocycles. The van der Waals surface area contributed by atoms with E-state index in [0.29, 0.717) is 4.99 Å². The second-order valence-electron chi connectivity index (χ2n) is 5.35. The first-order valence-corrected chi connectivity index (χ1v) is 7.40. The third-order valence-corrected chi connectivity index (χ3v) is 4.00. The summed E-state index contributed by atoms with van der Waals surface area (Å²) in [4.78, 5) is 2.60. The van der Waals surface area contributed by atoms with Crippen LogP contribution in [-0.2, 0) is 6.42 Å². The maximum Gasteiger partial charge on any atom is 0.123 e. The first-order chi connectivity index (χ1) is 10.1. The van der Waals surface area contributed by atoms with Crippen molar-refractivity contribution in [2.75, 3.05) is 18.5 Å². The lowest BCUT2D eigenvalue weighted by atomic mass is 10.1. The predicted molar refractivity (Wildman–Crippen MR) is 90.2 cm³/mol. The second kappa shape index (κ2) is 5.74. The minimum Gasteiger partial charge on any atom is -0.488 e. The van der Waals surface area contributed by atoms with E-state index in [2.05, 4.69) is 30.1 Å². The van der Waals surface area contributed by atoms with Gasteiger partial charge in [-0.05, 0) is 23.8 Å². The Bertz CT molecular complexity index is 646. The summed E-state index contributed by atoms with van der Waals surface area (Å²) < 4.78 is 5.98. The molecule has 0 fully saturated rings. The first kappa shape index (κ1) is 13.9. The highest BCUT2D eigenvalue weighted by Gasteiger charge is 2.23. The lowest BCUT2D eigenvalue weighted by Gasteiger charge is -2.23. The van der Waals surface area contributed by atoms with E-state index >= 15 is 0 Å². The van der Waals surface area contributed by atoms with Crippen molar-refractivity contribution in [3.63, 3.8) is 0 Å². The maximum absolute atomic E-state index is 5.98. The molecule has 0 radical (unpaired) electrons. The Kier molecular flexibility index (Phi) is 3.80. The van der Waals surface area contributed by atoms with Gasteiger partial charge in [0.2, 0.25) is 0 Å². The number of para-hydroxylation sites is 1. The zero-order chi connectivity index (χ0) is 14.8. The Morgan fingerprint density at radius 2 is 2.10 bits per heavy atom. The molecule has 1 atom stereocenters. The molecule has 2 N–H and O–H groups in total. The summed E-state index contributed by atoms with van der Waals surface area (Å²) in [6.45, 7) is 0.829. The zero-order valence-electron chi connectivity index (χ0n) is 12.0. The molecule has 3 rings (SSSR count). The van der Waals surface area contributed by atoms with E-state index in [1.54, 1.807) is 0 Å². The molecular formula is C17H18N2OS. The summed E-state index contributed by atoms with van der Waals surface area (Å²) in [5.74, 6) is 1.01. The molecule has 1 heterocycles. The zero-order valence-corrected chi connectivity index (χ0v) is 12.8. The van der Waals surface area contributed by atoms with Crippen LogP contribution in [0.25, 0.3) is 0 Å². The Morgan fingerprint density at radius 3 is 2.86 bits per heavy atom. The average molecular weight is 298 g/mol. The normalized spacial score (nSPS) is 16.1. The van der Waals surface area contributed by atoms with Gasteiger partial charge < -0.3 is 15.4 Å². The van der Waals surface area contributed by atoms with Gasteiger partial charge in [-0.3, -0.25) is 0 Å². The van der Waals surface area contributed by atoms with Crippen molar-refractivity contribution in [2.24, 2.45) is 5.73 Å². The van der Waals surface area contributed by atoms with Gasteiger partial charge >= 0.3 is 0 Å². The number of thiocarbonyl (C=S) groups is 1. The van der Waals surface area contributed by atoms with Crippen molar-refractivity contribution < 1.29 is 4.74 Å². The first-order valence-electron chi connectivity index (χ1n) is 6.99. The van der Waals surface area contributed by atoms with Crippen LogP contribution >= 0.6 is 12.2 Å². The van der Waals surface area contributed by atoms with Crippen molar-refractivity contribution >= 4 is 22.9 Å². The standard InChI is InChI=1S/C17H18N2OS/c1-19(14-7-4-6-13(9-14)17(18)21)11-15-10-12-5-2-3-8-16(12)20-15/h2-9,15H,10-11H2,1H3,(H2,18,21). The number of hydrogen-bond acceptors (Lipinski definition) is 3. The quantitative estimate of drug-likeness (QED) is 0.881. The Morgan fingerprint density at radius 1 is 1.29 bits per heavy atom. The van der Waals surface area contributed by atoms with Gasteiger partial charge in [0.15, 0.2) is 0 Å². The van der Waals surface area contributed by atoms with Crippen LogP contribution in [0.3, 0.4) is 0 Å². The van der Waals surface area contributed by atoms with Crippen LogP contribution in [0.4, 0.5) is 5.69 Å². The molecule has 0 saturated heterocycles. The third kappa shape index (κ3) is 3.00. The van der Waals surface area contributed by atoms with E-state index in [9.17, 15) is 0 Å². The number of rotatable bonds is 4. The number of nitrogens with zero attached hydrogens (tertiary/aromatic N) is 1. The Balaban J connectivity index is 1.69. The smallest absolute Gasteiger partial charge is 0.123 e. The highest BCUT2D eigenvalue weighted by Crippen LogP contribution is 2.29. The Hall–Kier alpha value is -2.07. The van der Waals surface area contributed by atoms with Crippen molar-refractivity contribution in [1.29, 1.82) is 0 Å².